The van der Waals surface area contributed by atoms with Gasteiger partial charge < -0.3 is 4.90 Å². The van der Waals surface area contributed by atoms with E-state index in [1.165, 1.54) is 5.70 Å². The molecule has 1 aromatic carbocycles. The molecular weight excluding hydrogens is 263 g/mol. The Morgan fingerprint density at radius 1 is 1.15 bits per heavy atom. The predicted molar refractivity (Wildman–Crippen MR) is 66.9 cm³/mol. The summed E-state index contributed by atoms with van der Waals surface area (Å²) in [6, 6.07) is 3.73. The zero-order valence-electron chi connectivity index (χ0n) is 10.0. The lowest BCUT2D eigenvalue weighted by Crippen LogP contribution is -2.41. The van der Waals surface area contributed by atoms with E-state index >= 15 is 0 Å². The fourth-order valence-electron chi connectivity index (χ4n) is 5.36. The number of hydrogen-bond donors (Lipinski definition) is 0. The van der Waals surface area contributed by atoms with E-state index in [0.717, 1.165) is 22.4 Å². The second-order valence-corrected chi connectivity index (χ2v) is 6.53. The Bertz CT molecular complexity index is 916. The van der Waals surface area contributed by atoms with Gasteiger partial charge >= 0.3 is 6.18 Å². The van der Waals surface area contributed by atoms with Crippen LogP contribution in [0.5, 0.6) is 0 Å². The summed E-state index contributed by atoms with van der Waals surface area (Å²) < 4.78 is 40.8. The molecule has 3 heterocycles. The molecule has 20 heavy (non-hydrogen) atoms. The minimum absolute atomic E-state index is 0.248. The van der Waals surface area contributed by atoms with Gasteiger partial charge in [0.05, 0.1) is 16.8 Å². The van der Waals surface area contributed by atoms with E-state index in [9.17, 15) is 13.2 Å². The Hall–Kier alpha value is -1.97. The molecule has 3 unspecified atom stereocenters. The normalized spacial score (nSPS) is 41.5. The smallest absolute Gasteiger partial charge is 0.325 e. The van der Waals surface area contributed by atoms with Crippen LogP contribution >= 0.6 is 0 Å². The van der Waals surface area contributed by atoms with Crippen LogP contribution in [0.4, 0.5) is 18.9 Å². The first-order valence-corrected chi connectivity index (χ1v) is 6.75. The van der Waals surface area contributed by atoms with E-state index in [1.807, 2.05) is 18.2 Å². The van der Waals surface area contributed by atoms with Gasteiger partial charge in [0.1, 0.15) is 11.5 Å². The standard InChI is InChI=1S/C16H6F3N/c17-16(18,19)12-7-5-8-9-3-6(7)4-10-15(20(9)10)2-1-14(15)11(8)13(12)14/h1-5,12H. The molecule has 0 aromatic heterocycles. The van der Waals surface area contributed by atoms with Crippen LogP contribution in [0.3, 0.4) is 0 Å². The fraction of sp³-hybridized carbons (Fsp3) is 0.250. The van der Waals surface area contributed by atoms with Gasteiger partial charge in [-0.25, -0.2) is 0 Å². The van der Waals surface area contributed by atoms with E-state index in [1.54, 1.807) is 6.07 Å². The van der Waals surface area contributed by atoms with Crippen LogP contribution in [-0.2, 0) is 0 Å². The maximum atomic E-state index is 13.6. The number of fused-ring (bicyclic) bond motifs is 3. The van der Waals surface area contributed by atoms with Crippen molar-refractivity contribution in [3.8, 4) is 0 Å². The highest BCUT2D eigenvalue weighted by molar-refractivity contribution is 6.15. The molecule has 0 saturated carbocycles. The molecule has 7 rings (SSSR count). The molecule has 4 heteroatoms. The minimum Gasteiger partial charge on any atom is -0.325 e. The summed E-state index contributed by atoms with van der Waals surface area (Å²) in [7, 11) is 0. The molecule has 96 valence electrons. The molecule has 0 N–H and O–H groups in total. The number of nitrogens with zero attached hydrogens (tertiary/aromatic N) is 1. The van der Waals surface area contributed by atoms with Gasteiger partial charge in [-0.05, 0) is 40.5 Å². The largest absolute Gasteiger partial charge is 0.399 e. The molecule has 1 fully saturated rings. The van der Waals surface area contributed by atoms with Gasteiger partial charge in [0, 0.05) is 5.56 Å². The molecule has 6 aliphatic rings. The lowest BCUT2D eigenvalue weighted by atomic mass is 9.68. The number of anilines is 1. The third kappa shape index (κ3) is 0.513. The van der Waals surface area contributed by atoms with Crippen molar-refractivity contribution in [1.29, 1.82) is 0 Å². The first-order chi connectivity index (χ1) is 9.52. The average Bonchev–Trinajstić information content (AvgIpc) is 3.22. The molecule has 0 amide bonds. The minimum atomic E-state index is -4.20. The fourth-order valence-corrected chi connectivity index (χ4v) is 5.36. The molecule has 0 radical (unpaired) electrons. The van der Waals surface area contributed by atoms with Crippen molar-refractivity contribution >= 4 is 17.3 Å². The van der Waals surface area contributed by atoms with Gasteiger partial charge in [-0.2, -0.15) is 13.2 Å². The van der Waals surface area contributed by atoms with Gasteiger partial charge in [-0.1, -0.05) is 12.2 Å². The lowest BCUT2D eigenvalue weighted by molar-refractivity contribution is -0.142. The van der Waals surface area contributed by atoms with Crippen LogP contribution < -0.4 is 4.90 Å². The van der Waals surface area contributed by atoms with Gasteiger partial charge in [0.25, 0.3) is 0 Å². The SMILES string of the molecule is FC(F)(F)C1C2=C3c4cc1c1cc4N4C(=C1)C41C=CC321. The van der Waals surface area contributed by atoms with Gasteiger partial charge in [-0.15, -0.1) is 0 Å². The van der Waals surface area contributed by atoms with E-state index in [4.69, 9.17) is 0 Å². The Labute approximate surface area is 111 Å². The summed E-state index contributed by atoms with van der Waals surface area (Å²) in [6.45, 7) is 0. The second kappa shape index (κ2) is 1.90. The number of rotatable bonds is 0. The zero-order chi connectivity index (χ0) is 13.2. The van der Waals surface area contributed by atoms with Crippen LogP contribution in [0.1, 0.15) is 22.6 Å². The molecule has 3 aliphatic carbocycles. The summed E-state index contributed by atoms with van der Waals surface area (Å²) in [5, 5.41) is 0. The summed E-state index contributed by atoms with van der Waals surface area (Å²) in [6.07, 6.45) is 1.85. The van der Waals surface area contributed by atoms with Crippen LogP contribution in [-0.4, -0.2) is 11.7 Å². The maximum Gasteiger partial charge on any atom is 0.399 e. The number of halogens is 3. The van der Waals surface area contributed by atoms with Crippen molar-refractivity contribution < 1.29 is 13.2 Å². The van der Waals surface area contributed by atoms with Crippen molar-refractivity contribution in [2.45, 2.75) is 17.6 Å². The van der Waals surface area contributed by atoms with Crippen molar-refractivity contribution in [3.63, 3.8) is 0 Å². The Morgan fingerprint density at radius 2 is 2.00 bits per heavy atom. The highest BCUT2D eigenvalue weighted by Gasteiger charge is 2.86. The predicted octanol–water partition coefficient (Wildman–Crippen LogP) is 3.60. The summed E-state index contributed by atoms with van der Waals surface area (Å²) in [4.78, 5) is 2.23. The molecule has 3 aliphatic heterocycles. The topological polar surface area (TPSA) is 3.01 Å². The van der Waals surface area contributed by atoms with Crippen LogP contribution in [0.15, 0.2) is 35.6 Å². The average molecular weight is 269 g/mol. The maximum absolute atomic E-state index is 13.6. The Morgan fingerprint density at radius 3 is 2.70 bits per heavy atom. The van der Waals surface area contributed by atoms with Crippen molar-refractivity contribution in [3.05, 3.63) is 52.2 Å². The zero-order valence-corrected chi connectivity index (χ0v) is 10.0. The highest BCUT2D eigenvalue weighted by Crippen LogP contribution is 2.88. The molecule has 2 spiro atoms. The lowest BCUT2D eigenvalue weighted by Gasteiger charge is -2.36. The van der Waals surface area contributed by atoms with E-state index < -0.39 is 17.5 Å². The van der Waals surface area contributed by atoms with Crippen LogP contribution in [0, 0.1) is 5.41 Å². The first kappa shape index (κ1) is 9.06. The van der Waals surface area contributed by atoms with Crippen LogP contribution in [0.25, 0.3) is 11.6 Å². The number of alkyl halides is 3. The molecule has 1 saturated heterocycles. The summed E-state index contributed by atoms with van der Waals surface area (Å²) in [5.41, 5.74) is 5.52. The quantitative estimate of drug-likeness (QED) is 0.513. The Balaban J connectivity index is 1.71. The van der Waals surface area contributed by atoms with Crippen molar-refractivity contribution in [2.75, 3.05) is 4.90 Å². The number of hydrogen-bond acceptors (Lipinski definition) is 1. The third-order valence-electron chi connectivity index (χ3n) is 6.07. The van der Waals surface area contributed by atoms with E-state index in [2.05, 4.69) is 11.0 Å². The first-order valence-electron chi connectivity index (χ1n) is 6.75. The Kier molecular flexibility index (Phi) is 0.859. The molecule has 4 bridgehead atoms. The van der Waals surface area contributed by atoms with E-state index in [-0.39, 0.29) is 5.54 Å². The highest BCUT2D eigenvalue weighted by atomic mass is 19.4. The molecular formula is C16H6F3N. The van der Waals surface area contributed by atoms with Crippen molar-refractivity contribution in [1.82, 2.24) is 0 Å². The molecule has 1 aromatic rings. The van der Waals surface area contributed by atoms with E-state index in [0.29, 0.717) is 11.1 Å². The third-order valence-corrected chi connectivity index (χ3v) is 6.07. The number of benzene rings is 1. The monoisotopic (exact) mass is 269 g/mol. The van der Waals surface area contributed by atoms with Crippen LogP contribution in [0.2, 0.25) is 0 Å². The summed E-state index contributed by atoms with van der Waals surface area (Å²) in [5.74, 6) is -1.39. The molecule has 1 nitrogen and oxygen atoms in total. The van der Waals surface area contributed by atoms with Gasteiger partial charge in [0.15, 0.2) is 0 Å². The van der Waals surface area contributed by atoms with Crippen molar-refractivity contribution in [2.24, 2.45) is 5.41 Å². The van der Waals surface area contributed by atoms with Gasteiger partial charge in [-0.3, -0.25) is 0 Å². The second-order valence-electron chi connectivity index (χ2n) is 6.53. The van der Waals surface area contributed by atoms with Gasteiger partial charge in [0.2, 0.25) is 0 Å². The molecule has 3 atom stereocenters. The summed E-state index contributed by atoms with van der Waals surface area (Å²) >= 11 is 0.